The molecule has 1 saturated carbocycles. The highest BCUT2D eigenvalue weighted by Gasteiger charge is 2.23. The molecule has 0 aromatic carbocycles. The predicted molar refractivity (Wildman–Crippen MR) is 46.4 cm³/mol. The van der Waals surface area contributed by atoms with Crippen molar-refractivity contribution in [2.75, 3.05) is 13.2 Å². The van der Waals surface area contributed by atoms with E-state index in [1.165, 1.54) is 12.8 Å². The van der Waals surface area contributed by atoms with Gasteiger partial charge in [-0.1, -0.05) is 6.92 Å². The van der Waals surface area contributed by atoms with Crippen LogP contribution in [0.1, 0.15) is 33.1 Å². The summed E-state index contributed by atoms with van der Waals surface area (Å²) < 4.78 is 5.49. The van der Waals surface area contributed by atoms with E-state index in [1.807, 2.05) is 6.92 Å². The van der Waals surface area contributed by atoms with Crippen LogP contribution in [0.25, 0.3) is 0 Å². The lowest BCUT2D eigenvalue weighted by atomic mass is 10.0. The van der Waals surface area contributed by atoms with Gasteiger partial charge >= 0.3 is 0 Å². The fourth-order valence-electron chi connectivity index (χ4n) is 0.845. The Morgan fingerprint density at radius 3 is 2.64 bits per heavy atom. The van der Waals surface area contributed by atoms with E-state index in [0.717, 1.165) is 18.9 Å². The molecule has 1 aliphatic rings. The normalized spacial score (nSPS) is 23.2. The molecule has 2 nitrogen and oxygen atoms in total. The standard InChI is InChI=1S/C9H19NO/c1-3-9(2,10)7-11-6-8-4-5-8/h8H,3-7,10H2,1-2H3. The van der Waals surface area contributed by atoms with Crippen molar-refractivity contribution in [1.82, 2.24) is 0 Å². The molecule has 0 heterocycles. The van der Waals surface area contributed by atoms with Crippen molar-refractivity contribution < 1.29 is 4.74 Å². The van der Waals surface area contributed by atoms with Crippen molar-refractivity contribution in [2.45, 2.75) is 38.6 Å². The third kappa shape index (κ3) is 3.73. The van der Waals surface area contributed by atoms with Gasteiger partial charge in [-0.15, -0.1) is 0 Å². The Kier molecular flexibility index (Phi) is 2.90. The Balaban J connectivity index is 1.99. The summed E-state index contributed by atoms with van der Waals surface area (Å²) in [7, 11) is 0. The Hall–Kier alpha value is -0.0800. The maximum absolute atomic E-state index is 5.90. The maximum Gasteiger partial charge on any atom is 0.0643 e. The lowest BCUT2D eigenvalue weighted by Crippen LogP contribution is -2.40. The first-order valence-corrected chi connectivity index (χ1v) is 4.50. The zero-order valence-corrected chi connectivity index (χ0v) is 7.60. The second kappa shape index (κ2) is 3.55. The van der Waals surface area contributed by atoms with Gasteiger partial charge in [-0.25, -0.2) is 0 Å². The average Bonchev–Trinajstić information content (AvgIpc) is 2.71. The maximum atomic E-state index is 5.90. The number of rotatable bonds is 5. The van der Waals surface area contributed by atoms with Gasteiger partial charge in [0.25, 0.3) is 0 Å². The summed E-state index contributed by atoms with van der Waals surface area (Å²) in [5.41, 5.74) is 5.78. The Morgan fingerprint density at radius 1 is 1.55 bits per heavy atom. The molecule has 0 aliphatic heterocycles. The van der Waals surface area contributed by atoms with Gasteiger partial charge in [0.1, 0.15) is 0 Å². The smallest absolute Gasteiger partial charge is 0.0643 e. The van der Waals surface area contributed by atoms with Gasteiger partial charge in [0.15, 0.2) is 0 Å². The minimum absolute atomic E-state index is 0.116. The van der Waals surface area contributed by atoms with Crippen molar-refractivity contribution in [3.05, 3.63) is 0 Å². The summed E-state index contributed by atoms with van der Waals surface area (Å²) in [6, 6.07) is 0. The molecule has 1 fully saturated rings. The van der Waals surface area contributed by atoms with Crippen LogP contribution in [0.4, 0.5) is 0 Å². The van der Waals surface area contributed by atoms with Crippen LogP contribution in [0.2, 0.25) is 0 Å². The third-order valence-electron chi connectivity index (χ3n) is 2.29. The Morgan fingerprint density at radius 2 is 2.18 bits per heavy atom. The summed E-state index contributed by atoms with van der Waals surface area (Å²) >= 11 is 0. The lowest BCUT2D eigenvalue weighted by Gasteiger charge is -2.22. The zero-order chi connectivity index (χ0) is 8.32. The molecule has 0 amide bonds. The predicted octanol–water partition coefficient (Wildman–Crippen LogP) is 1.54. The molecule has 2 N–H and O–H groups in total. The van der Waals surface area contributed by atoms with E-state index in [0.29, 0.717) is 6.61 Å². The second-order valence-electron chi connectivity index (χ2n) is 3.97. The van der Waals surface area contributed by atoms with Crippen molar-refractivity contribution >= 4 is 0 Å². The largest absolute Gasteiger partial charge is 0.379 e. The molecule has 1 atom stereocenters. The van der Waals surface area contributed by atoms with Gasteiger partial charge in [-0.3, -0.25) is 0 Å². The molecule has 0 aromatic rings. The highest BCUT2D eigenvalue weighted by Crippen LogP contribution is 2.29. The van der Waals surface area contributed by atoms with E-state index in [9.17, 15) is 0 Å². The molecule has 0 bridgehead atoms. The molecule has 1 rings (SSSR count). The minimum atomic E-state index is -0.116. The fraction of sp³-hybridized carbons (Fsp3) is 1.00. The average molecular weight is 157 g/mol. The number of ether oxygens (including phenoxy) is 1. The van der Waals surface area contributed by atoms with Crippen LogP contribution in [0.5, 0.6) is 0 Å². The lowest BCUT2D eigenvalue weighted by molar-refractivity contribution is 0.0820. The third-order valence-corrected chi connectivity index (χ3v) is 2.29. The minimum Gasteiger partial charge on any atom is -0.379 e. The van der Waals surface area contributed by atoms with Crippen LogP contribution in [0.15, 0.2) is 0 Å². The first-order chi connectivity index (χ1) is 5.14. The molecule has 1 unspecified atom stereocenters. The van der Waals surface area contributed by atoms with Crippen molar-refractivity contribution in [1.29, 1.82) is 0 Å². The summed E-state index contributed by atoms with van der Waals surface area (Å²) in [5.74, 6) is 0.850. The molecule has 11 heavy (non-hydrogen) atoms. The van der Waals surface area contributed by atoms with Crippen molar-refractivity contribution in [2.24, 2.45) is 11.7 Å². The molecular weight excluding hydrogens is 138 g/mol. The van der Waals surface area contributed by atoms with E-state index >= 15 is 0 Å². The monoisotopic (exact) mass is 157 g/mol. The molecule has 0 spiro atoms. The summed E-state index contributed by atoms with van der Waals surface area (Å²) in [5, 5.41) is 0. The molecule has 0 radical (unpaired) electrons. The topological polar surface area (TPSA) is 35.2 Å². The van der Waals surface area contributed by atoms with Gasteiger partial charge in [0.2, 0.25) is 0 Å². The molecule has 2 heteroatoms. The SMILES string of the molecule is CCC(C)(N)COCC1CC1. The number of hydrogen-bond acceptors (Lipinski definition) is 2. The highest BCUT2D eigenvalue weighted by atomic mass is 16.5. The highest BCUT2D eigenvalue weighted by molar-refractivity contribution is 4.77. The summed E-state index contributed by atoms with van der Waals surface area (Å²) in [6.07, 6.45) is 3.69. The van der Waals surface area contributed by atoms with Crippen LogP contribution >= 0.6 is 0 Å². The van der Waals surface area contributed by atoms with Crippen LogP contribution in [0, 0.1) is 5.92 Å². The van der Waals surface area contributed by atoms with E-state index in [-0.39, 0.29) is 5.54 Å². The van der Waals surface area contributed by atoms with Crippen LogP contribution in [-0.4, -0.2) is 18.8 Å². The van der Waals surface area contributed by atoms with Gasteiger partial charge in [0.05, 0.1) is 6.61 Å². The second-order valence-corrected chi connectivity index (χ2v) is 3.97. The molecule has 0 aromatic heterocycles. The van der Waals surface area contributed by atoms with Gasteiger partial charge in [-0.2, -0.15) is 0 Å². The Bertz CT molecular complexity index is 119. The number of hydrogen-bond donors (Lipinski definition) is 1. The summed E-state index contributed by atoms with van der Waals surface area (Å²) in [4.78, 5) is 0. The van der Waals surface area contributed by atoms with E-state index < -0.39 is 0 Å². The van der Waals surface area contributed by atoms with Gasteiger partial charge in [0, 0.05) is 12.1 Å². The van der Waals surface area contributed by atoms with Gasteiger partial charge in [-0.05, 0) is 32.1 Å². The molecular formula is C9H19NO. The van der Waals surface area contributed by atoms with Crippen LogP contribution in [-0.2, 0) is 4.74 Å². The Labute approximate surface area is 69.1 Å². The molecule has 1 aliphatic carbocycles. The van der Waals surface area contributed by atoms with Crippen molar-refractivity contribution in [3.63, 3.8) is 0 Å². The van der Waals surface area contributed by atoms with Gasteiger partial charge < -0.3 is 10.5 Å². The zero-order valence-electron chi connectivity index (χ0n) is 7.60. The van der Waals surface area contributed by atoms with E-state index in [1.54, 1.807) is 0 Å². The quantitative estimate of drug-likeness (QED) is 0.657. The summed E-state index contributed by atoms with van der Waals surface area (Å²) in [6.45, 7) is 5.77. The van der Waals surface area contributed by atoms with Crippen molar-refractivity contribution in [3.8, 4) is 0 Å². The fourth-order valence-corrected chi connectivity index (χ4v) is 0.845. The van der Waals surface area contributed by atoms with E-state index in [4.69, 9.17) is 10.5 Å². The molecule has 66 valence electrons. The van der Waals surface area contributed by atoms with E-state index in [2.05, 4.69) is 6.92 Å². The van der Waals surface area contributed by atoms with Crippen LogP contribution in [0.3, 0.4) is 0 Å². The first kappa shape index (κ1) is 9.01. The molecule has 0 saturated heterocycles. The van der Waals surface area contributed by atoms with Crippen LogP contribution < -0.4 is 5.73 Å². The number of nitrogens with two attached hydrogens (primary N) is 1. The first-order valence-electron chi connectivity index (χ1n) is 4.50.